The largest absolute Gasteiger partial charge is 0.444 e. The predicted octanol–water partition coefficient (Wildman–Crippen LogP) is 2.67. The van der Waals surface area contributed by atoms with Crippen LogP contribution in [0.1, 0.15) is 29.8 Å². The number of carbonyl (C=O) groups excluding carboxylic acids is 1. The minimum atomic E-state index is 0.00963. The normalized spacial score (nSPS) is 17.1. The van der Waals surface area contributed by atoms with Crippen molar-refractivity contribution in [3.63, 3.8) is 0 Å². The third-order valence-corrected chi connectivity index (χ3v) is 2.85. The van der Waals surface area contributed by atoms with Gasteiger partial charge in [0.2, 0.25) is 0 Å². The third-order valence-electron chi connectivity index (χ3n) is 2.43. The van der Waals surface area contributed by atoms with Crippen molar-refractivity contribution in [2.45, 2.75) is 19.3 Å². The first-order chi connectivity index (χ1) is 6.77. The van der Waals surface area contributed by atoms with Gasteiger partial charge in [0.25, 0.3) is 5.91 Å². The minimum absolute atomic E-state index is 0.00963. The molecule has 1 amide bonds. The highest BCUT2D eigenvalue weighted by atomic mass is 79.9. The van der Waals surface area contributed by atoms with Gasteiger partial charge in [-0.25, -0.2) is 0 Å². The Morgan fingerprint density at radius 1 is 1.29 bits per heavy atom. The molecule has 0 bridgehead atoms. The maximum Gasteiger partial charge on any atom is 0.289 e. The van der Waals surface area contributed by atoms with Gasteiger partial charge >= 0.3 is 0 Å². The first-order valence-electron chi connectivity index (χ1n) is 4.82. The Kier molecular flexibility index (Phi) is 2.91. The Labute approximate surface area is 91.2 Å². The van der Waals surface area contributed by atoms with E-state index < -0.39 is 0 Å². The molecule has 76 valence electrons. The summed E-state index contributed by atoms with van der Waals surface area (Å²) in [6.07, 6.45) is 3.44. The third kappa shape index (κ3) is 2.00. The van der Waals surface area contributed by atoms with Gasteiger partial charge in [-0.3, -0.25) is 4.79 Å². The van der Waals surface area contributed by atoms with Crippen LogP contribution >= 0.6 is 15.9 Å². The average Bonchev–Trinajstić information content (AvgIpc) is 2.65. The summed E-state index contributed by atoms with van der Waals surface area (Å²) in [7, 11) is 0. The molecule has 4 heteroatoms. The van der Waals surface area contributed by atoms with Gasteiger partial charge < -0.3 is 9.32 Å². The number of piperidine rings is 1. The lowest BCUT2D eigenvalue weighted by Crippen LogP contribution is -2.35. The monoisotopic (exact) mass is 257 g/mol. The second-order valence-corrected chi connectivity index (χ2v) is 4.24. The molecule has 0 aliphatic carbocycles. The summed E-state index contributed by atoms with van der Waals surface area (Å²) in [6, 6.07) is 3.46. The summed E-state index contributed by atoms with van der Waals surface area (Å²) in [5.74, 6) is 0.439. The molecule has 1 aliphatic heterocycles. The van der Waals surface area contributed by atoms with E-state index in [1.807, 2.05) is 4.90 Å². The van der Waals surface area contributed by atoms with Gasteiger partial charge in [-0.15, -0.1) is 0 Å². The Hall–Kier alpha value is -0.770. The lowest BCUT2D eigenvalue weighted by atomic mass is 10.1. The van der Waals surface area contributed by atoms with Crippen LogP contribution in [-0.2, 0) is 0 Å². The van der Waals surface area contributed by atoms with Crippen molar-refractivity contribution < 1.29 is 9.21 Å². The van der Waals surface area contributed by atoms with E-state index in [0.717, 1.165) is 25.9 Å². The molecule has 1 aromatic heterocycles. The van der Waals surface area contributed by atoms with E-state index in [-0.39, 0.29) is 5.91 Å². The van der Waals surface area contributed by atoms with Crippen molar-refractivity contribution in [3.8, 4) is 0 Å². The van der Waals surface area contributed by atoms with Crippen molar-refractivity contribution in [2.24, 2.45) is 0 Å². The molecule has 14 heavy (non-hydrogen) atoms. The molecule has 3 nitrogen and oxygen atoms in total. The molecule has 2 rings (SSSR count). The topological polar surface area (TPSA) is 33.5 Å². The molecule has 0 radical (unpaired) electrons. The zero-order chi connectivity index (χ0) is 9.97. The van der Waals surface area contributed by atoms with E-state index >= 15 is 0 Å². The molecule has 0 aromatic carbocycles. The highest BCUT2D eigenvalue weighted by molar-refractivity contribution is 9.10. The SMILES string of the molecule is O=C(c1ccc(Br)o1)N1CCCCC1. The van der Waals surface area contributed by atoms with E-state index in [1.54, 1.807) is 12.1 Å². The van der Waals surface area contributed by atoms with Gasteiger partial charge in [0, 0.05) is 13.1 Å². The minimum Gasteiger partial charge on any atom is -0.444 e. The predicted molar refractivity (Wildman–Crippen MR) is 56.2 cm³/mol. The number of halogens is 1. The molecular weight excluding hydrogens is 246 g/mol. The van der Waals surface area contributed by atoms with Crippen LogP contribution in [-0.4, -0.2) is 23.9 Å². The Bertz CT molecular complexity index is 329. The van der Waals surface area contributed by atoms with Crippen molar-refractivity contribution in [2.75, 3.05) is 13.1 Å². The number of hydrogen-bond acceptors (Lipinski definition) is 2. The van der Waals surface area contributed by atoms with Crippen LogP contribution in [0.3, 0.4) is 0 Å². The molecular formula is C10H12BrNO2. The maximum absolute atomic E-state index is 11.8. The lowest BCUT2D eigenvalue weighted by molar-refractivity contribution is 0.0690. The molecule has 2 heterocycles. The number of furan rings is 1. The molecule has 0 saturated carbocycles. The molecule has 0 atom stereocenters. The summed E-state index contributed by atoms with van der Waals surface area (Å²) in [5.41, 5.74) is 0. The fourth-order valence-electron chi connectivity index (χ4n) is 1.68. The average molecular weight is 258 g/mol. The van der Waals surface area contributed by atoms with E-state index in [2.05, 4.69) is 15.9 Å². The van der Waals surface area contributed by atoms with Crippen molar-refractivity contribution in [1.29, 1.82) is 0 Å². The number of amides is 1. The fraction of sp³-hybridized carbons (Fsp3) is 0.500. The van der Waals surface area contributed by atoms with Crippen LogP contribution in [0, 0.1) is 0 Å². The number of rotatable bonds is 1. The van der Waals surface area contributed by atoms with Crippen LogP contribution in [0.2, 0.25) is 0 Å². The van der Waals surface area contributed by atoms with Crippen LogP contribution < -0.4 is 0 Å². The maximum atomic E-state index is 11.8. The highest BCUT2D eigenvalue weighted by Crippen LogP contribution is 2.18. The number of hydrogen-bond donors (Lipinski definition) is 0. The zero-order valence-corrected chi connectivity index (χ0v) is 9.42. The van der Waals surface area contributed by atoms with Gasteiger partial charge in [-0.05, 0) is 47.3 Å². The summed E-state index contributed by atoms with van der Waals surface area (Å²) in [5, 5.41) is 0. The van der Waals surface area contributed by atoms with Crippen LogP contribution in [0.25, 0.3) is 0 Å². The molecule has 1 aliphatic rings. The highest BCUT2D eigenvalue weighted by Gasteiger charge is 2.20. The van der Waals surface area contributed by atoms with Gasteiger partial charge in [-0.1, -0.05) is 0 Å². The van der Waals surface area contributed by atoms with E-state index in [1.165, 1.54) is 6.42 Å². The Morgan fingerprint density at radius 2 is 2.00 bits per heavy atom. The van der Waals surface area contributed by atoms with Gasteiger partial charge in [0.05, 0.1) is 0 Å². The summed E-state index contributed by atoms with van der Waals surface area (Å²) < 4.78 is 5.83. The van der Waals surface area contributed by atoms with E-state index in [0.29, 0.717) is 10.4 Å². The molecule has 1 aromatic rings. The first-order valence-corrected chi connectivity index (χ1v) is 5.61. The standard InChI is InChI=1S/C10H12BrNO2/c11-9-5-4-8(14-9)10(13)12-6-2-1-3-7-12/h4-5H,1-3,6-7H2. The first kappa shape index (κ1) is 9.77. The van der Waals surface area contributed by atoms with Gasteiger partial charge in [0.15, 0.2) is 10.4 Å². The molecule has 0 spiro atoms. The molecule has 0 N–H and O–H groups in total. The summed E-state index contributed by atoms with van der Waals surface area (Å²) in [4.78, 5) is 13.7. The van der Waals surface area contributed by atoms with Crippen molar-refractivity contribution in [3.05, 3.63) is 22.6 Å². The quantitative estimate of drug-likeness (QED) is 0.775. The summed E-state index contributed by atoms with van der Waals surface area (Å²) in [6.45, 7) is 1.72. The summed E-state index contributed by atoms with van der Waals surface area (Å²) >= 11 is 3.19. The van der Waals surface area contributed by atoms with Crippen molar-refractivity contribution in [1.82, 2.24) is 4.90 Å². The van der Waals surface area contributed by atoms with E-state index in [4.69, 9.17) is 4.42 Å². The van der Waals surface area contributed by atoms with Crippen LogP contribution in [0.5, 0.6) is 0 Å². The van der Waals surface area contributed by atoms with Crippen LogP contribution in [0.4, 0.5) is 0 Å². The van der Waals surface area contributed by atoms with Gasteiger partial charge in [0.1, 0.15) is 0 Å². The molecule has 1 saturated heterocycles. The fourth-order valence-corrected chi connectivity index (χ4v) is 1.99. The number of likely N-dealkylation sites (tertiary alicyclic amines) is 1. The molecule has 0 unspecified atom stereocenters. The Balaban J connectivity index is 2.07. The second kappa shape index (κ2) is 4.17. The smallest absolute Gasteiger partial charge is 0.289 e. The van der Waals surface area contributed by atoms with Crippen LogP contribution in [0.15, 0.2) is 21.2 Å². The number of nitrogens with zero attached hydrogens (tertiary/aromatic N) is 1. The van der Waals surface area contributed by atoms with E-state index in [9.17, 15) is 4.79 Å². The Morgan fingerprint density at radius 3 is 2.57 bits per heavy atom. The van der Waals surface area contributed by atoms with Crippen molar-refractivity contribution >= 4 is 21.8 Å². The van der Waals surface area contributed by atoms with Gasteiger partial charge in [-0.2, -0.15) is 0 Å². The zero-order valence-electron chi connectivity index (χ0n) is 7.83. The lowest BCUT2D eigenvalue weighted by Gasteiger charge is -2.25. The number of carbonyl (C=O) groups is 1. The second-order valence-electron chi connectivity index (χ2n) is 3.46. The molecule has 1 fully saturated rings.